The summed E-state index contributed by atoms with van der Waals surface area (Å²) in [5, 5.41) is 1.73. The molecular weight excluding hydrogens is 304 g/mol. The molecule has 0 aliphatic rings. The van der Waals surface area contributed by atoms with E-state index >= 15 is 0 Å². The van der Waals surface area contributed by atoms with Gasteiger partial charge in [-0.15, -0.1) is 0 Å². The monoisotopic (exact) mass is 318 g/mol. The lowest BCUT2D eigenvalue weighted by Gasteiger charge is -2.06. The van der Waals surface area contributed by atoms with E-state index in [1.165, 1.54) is 0 Å². The molecule has 21 heavy (non-hydrogen) atoms. The van der Waals surface area contributed by atoms with Crippen LogP contribution in [0.2, 0.25) is 5.02 Å². The summed E-state index contributed by atoms with van der Waals surface area (Å²) < 4.78 is 7.79. The fraction of sp³-hybridized carbons (Fsp3) is 0.188. The van der Waals surface area contributed by atoms with E-state index in [4.69, 9.17) is 16.3 Å². The number of benzene rings is 2. The lowest BCUT2D eigenvalue weighted by molar-refractivity contribution is 0.344. The summed E-state index contributed by atoms with van der Waals surface area (Å²) >= 11 is 7.53. The molecule has 0 amide bonds. The van der Waals surface area contributed by atoms with Crippen molar-refractivity contribution < 1.29 is 4.74 Å². The highest BCUT2D eigenvalue weighted by Gasteiger charge is 2.07. The van der Waals surface area contributed by atoms with Crippen molar-refractivity contribution in [3.8, 4) is 5.75 Å². The summed E-state index contributed by atoms with van der Waals surface area (Å²) in [5.41, 5.74) is 2.18. The van der Waals surface area contributed by atoms with Crippen LogP contribution in [0.4, 0.5) is 0 Å². The van der Waals surface area contributed by atoms with Gasteiger partial charge in [0.1, 0.15) is 5.75 Å². The van der Waals surface area contributed by atoms with E-state index < -0.39 is 0 Å². The van der Waals surface area contributed by atoms with Crippen molar-refractivity contribution in [3.05, 3.63) is 53.6 Å². The first kappa shape index (κ1) is 14.3. The van der Waals surface area contributed by atoms with Gasteiger partial charge >= 0.3 is 0 Å². The maximum absolute atomic E-state index is 5.84. The van der Waals surface area contributed by atoms with Gasteiger partial charge in [0.05, 0.1) is 17.6 Å². The second kappa shape index (κ2) is 6.41. The van der Waals surface area contributed by atoms with Crippen LogP contribution in [0.3, 0.4) is 0 Å². The summed E-state index contributed by atoms with van der Waals surface area (Å²) in [7, 11) is 2.04. The average Bonchev–Trinajstić information content (AvgIpc) is 2.82. The fourth-order valence-electron chi connectivity index (χ4n) is 2.08. The molecule has 0 N–H and O–H groups in total. The third-order valence-electron chi connectivity index (χ3n) is 3.14. The number of rotatable bonds is 5. The smallest absolute Gasteiger partial charge is 0.168 e. The number of aromatic nitrogens is 2. The molecule has 0 fully saturated rings. The number of imidazole rings is 1. The molecule has 3 rings (SSSR count). The average molecular weight is 319 g/mol. The number of halogens is 1. The number of para-hydroxylation sites is 2. The predicted octanol–water partition coefficient (Wildman–Crippen LogP) is 4.40. The second-order valence-corrected chi connectivity index (χ2v) is 6.09. The van der Waals surface area contributed by atoms with Gasteiger partial charge in [0.25, 0.3) is 0 Å². The van der Waals surface area contributed by atoms with Crippen molar-refractivity contribution >= 4 is 34.4 Å². The maximum atomic E-state index is 5.84. The Labute approximate surface area is 132 Å². The first-order valence-electron chi connectivity index (χ1n) is 6.66. The van der Waals surface area contributed by atoms with Gasteiger partial charge in [-0.2, -0.15) is 0 Å². The minimum atomic E-state index is 0.634. The van der Waals surface area contributed by atoms with E-state index in [0.29, 0.717) is 6.61 Å². The molecule has 3 nitrogen and oxygen atoms in total. The number of fused-ring (bicyclic) bond motifs is 1. The third-order valence-corrected chi connectivity index (χ3v) is 4.39. The summed E-state index contributed by atoms with van der Waals surface area (Å²) in [6, 6.07) is 15.6. The Hall–Kier alpha value is -1.65. The van der Waals surface area contributed by atoms with Gasteiger partial charge in [-0.3, -0.25) is 0 Å². The minimum absolute atomic E-state index is 0.634. The van der Waals surface area contributed by atoms with Crippen molar-refractivity contribution in [2.24, 2.45) is 7.05 Å². The van der Waals surface area contributed by atoms with E-state index in [1.807, 2.05) is 49.5 Å². The van der Waals surface area contributed by atoms with Crippen LogP contribution >= 0.6 is 23.4 Å². The van der Waals surface area contributed by atoms with Crippen LogP contribution in [-0.4, -0.2) is 21.9 Å². The number of nitrogens with zero attached hydrogens (tertiary/aromatic N) is 2. The van der Waals surface area contributed by atoms with Crippen LogP contribution in [-0.2, 0) is 7.05 Å². The quantitative estimate of drug-likeness (QED) is 0.515. The van der Waals surface area contributed by atoms with Gasteiger partial charge in [0.2, 0.25) is 0 Å². The molecule has 1 aromatic heterocycles. The highest BCUT2D eigenvalue weighted by Crippen LogP contribution is 2.23. The van der Waals surface area contributed by atoms with E-state index in [1.54, 1.807) is 11.8 Å². The zero-order valence-corrected chi connectivity index (χ0v) is 13.2. The molecule has 0 radical (unpaired) electrons. The van der Waals surface area contributed by atoms with Gasteiger partial charge in [0, 0.05) is 17.8 Å². The highest BCUT2D eigenvalue weighted by atomic mass is 35.5. The number of aryl methyl sites for hydroxylation is 1. The van der Waals surface area contributed by atoms with Crippen LogP contribution in [0.1, 0.15) is 0 Å². The van der Waals surface area contributed by atoms with E-state index in [0.717, 1.165) is 32.7 Å². The number of thioether (sulfide) groups is 1. The Morgan fingerprint density at radius 3 is 2.67 bits per heavy atom. The van der Waals surface area contributed by atoms with Crippen molar-refractivity contribution in [2.75, 3.05) is 12.4 Å². The molecule has 0 saturated carbocycles. The van der Waals surface area contributed by atoms with Gasteiger partial charge in [-0.1, -0.05) is 35.5 Å². The molecule has 0 atom stereocenters. The minimum Gasteiger partial charge on any atom is -0.493 e. The predicted molar refractivity (Wildman–Crippen MR) is 88.4 cm³/mol. The standard InChI is InChI=1S/C16H15ClN2OS/c1-19-15-5-3-2-4-14(15)18-16(19)21-11-10-20-13-8-6-12(17)7-9-13/h2-9H,10-11H2,1H3. The summed E-state index contributed by atoms with van der Waals surface area (Å²) in [5.74, 6) is 1.68. The summed E-state index contributed by atoms with van der Waals surface area (Å²) in [6.07, 6.45) is 0. The molecule has 0 aliphatic carbocycles. The fourth-order valence-corrected chi connectivity index (χ4v) is 3.01. The molecule has 1 heterocycles. The second-order valence-electron chi connectivity index (χ2n) is 4.59. The van der Waals surface area contributed by atoms with Crippen molar-refractivity contribution in [3.63, 3.8) is 0 Å². The van der Waals surface area contributed by atoms with Crippen LogP contribution in [0, 0.1) is 0 Å². The van der Waals surface area contributed by atoms with Crippen molar-refractivity contribution in [1.29, 1.82) is 0 Å². The zero-order chi connectivity index (χ0) is 14.7. The molecule has 0 aliphatic heterocycles. The Morgan fingerprint density at radius 1 is 1.14 bits per heavy atom. The van der Waals surface area contributed by atoms with Crippen LogP contribution in [0.25, 0.3) is 11.0 Å². The normalized spacial score (nSPS) is 11.0. The Balaban J connectivity index is 1.57. The van der Waals surface area contributed by atoms with Crippen molar-refractivity contribution in [2.45, 2.75) is 5.16 Å². The zero-order valence-electron chi connectivity index (χ0n) is 11.6. The van der Waals surface area contributed by atoms with Gasteiger partial charge in [-0.25, -0.2) is 4.98 Å². The SMILES string of the molecule is Cn1c(SCCOc2ccc(Cl)cc2)nc2ccccc21. The molecule has 0 saturated heterocycles. The van der Waals surface area contributed by atoms with Crippen LogP contribution in [0.15, 0.2) is 53.7 Å². The lowest BCUT2D eigenvalue weighted by Crippen LogP contribution is -2.01. The number of hydrogen-bond acceptors (Lipinski definition) is 3. The summed E-state index contributed by atoms with van der Waals surface area (Å²) in [6.45, 7) is 0.634. The number of ether oxygens (including phenoxy) is 1. The van der Waals surface area contributed by atoms with Gasteiger partial charge in [-0.05, 0) is 36.4 Å². The van der Waals surface area contributed by atoms with Crippen molar-refractivity contribution in [1.82, 2.24) is 9.55 Å². The molecule has 0 spiro atoms. The lowest BCUT2D eigenvalue weighted by atomic mass is 10.3. The van der Waals surface area contributed by atoms with E-state index in [9.17, 15) is 0 Å². The van der Waals surface area contributed by atoms with Gasteiger partial charge < -0.3 is 9.30 Å². The van der Waals surface area contributed by atoms with Gasteiger partial charge in [0.15, 0.2) is 5.16 Å². The topological polar surface area (TPSA) is 27.1 Å². The number of hydrogen-bond donors (Lipinski definition) is 0. The van der Waals surface area contributed by atoms with E-state index in [2.05, 4.69) is 15.6 Å². The molecule has 3 aromatic rings. The Morgan fingerprint density at radius 2 is 1.90 bits per heavy atom. The molecule has 108 valence electrons. The molecule has 0 bridgehead atoms. The molecular formula is C16H15ClN2OS. The third kappa shape index (κ3) is 3.34. The Kier molecular flexibility index (Phi) is 4.36. The highest BCUT2D eigenvalue weighted by molar-refractivity contribution is 7.99. The summed E-state index contributed by atoms with van der Waals surface area (Å²) in [4.78, 5) is 4.62. The van der Waals surface area contributed by atoms with Crippen LogP contribution in [0.5, 0.6) is 5.75 Å². The first-order chi connectivity index (χ1) is 10.2. The maximum Gasteiger partial charge on any atom is 0.168 e. The largest absolute Gasteiger partial charge is 0.493 e. The molecule has 0 unspecified atom stereocenters. The van der Waals surface area contributed by atoms with E-state index in [-0.39, 0.29) is 0 Å². The molecule has 5 heteroatoms. The molecule has 2 aromatic carbocycles. The van der Waals surface area contributed by atoms with Crippen LogP contribution < -0.4 is 4.74 Å². The Bertz CT molecular complexity index is 740. The first-order valence-corrected chi connectivity index (χ1v) is 8.03.